The number of rotatable bonds is 0. The summed E-state index contributed by atoms with van der Waals surface area (Å²) in [6.07, 6.45) is 0. The van der Waals surface area contributed by atoms with E-state index in [0.717, 1.165) is 0 Å². The minimum absolute atomic E-state index is 0. The van der Waals surface area contributed by atoms with Gasteiger partial charge in [-0.2, -0.15) is 0 Å². The van der Waals surface area contributed by atoms with Gasteiger partial charge in [-0.15, -0.1) is 0 Å². The Kier molecular flexibility index (Phi) is 251. The molecule has 0 saturated heterocycles. The molecule has 2 heteroatoms. The molecule has 0 aliphatic heterocycles. The Morgan fingerprint density at radius 2 is 1.25 bits per heavy atom. The van der Waals surface area contributed by atoms with Crippen LogP contribution in [-0.2, 0) is 0 Å². The number of hydrogen-bond donors (Lipinski definition) is 0. The molecule has 0 radical (unpaired) electrons. The van der Waals surface area contributed by atoms with E-state index in [-0.39, 0.29) is 35.5 Å². The number of hydrogen-bond acceptors (Lipinski definition) is 0. The normalized spacial score (nSPS) is 1.00. The molecule has 0 fully saturated rings. The molecule has 0 aliphatic carbocycles. The van der Waals surface area contributed by atoms with Crippen LogP contribution in [0.25, 0.3) is 0 Å². The van der Waals surface area contributed by atoms with Gasteiger partial charge in [0.15, 0.2) is 0 Å². The third kappa shape index (κ3) is 14.2. The summed E-state index contributed by atoms with van der Waals surface area (Å²) < 4.78 is 0. The Hall–Kier alpha value is 0.796. The van der Waals surface area contributed by atoms with Crippen molar-refractivity contribution < 1.29 is 12.4 Å². The van der Waals surface area contributed by atoms with Crippen LogP contribution in [0.1, 0.15) is 0 Å². The fraction of sp³-hybridized carbons (Fsp3) is 0. The Balaban J connectivity index is -0.00000000500. The van der Waals surface area contributed by atoms with Gasteiger partial charge in [-0.3, -0.25) is 6.58 Å². The average molecular weight is 86.8 g/mol. The van der Waals surface area contributed by atoms with Crippen LogP contribution in [0.15, 0.2) is 6.58 Å². The molecule has 0 N–H and O–H groups in total. The van der Waals surface area contributed by atoms with E-state index in [2.05, 4.69) is 13.2 Å². The maximum atomic E-state index is 4.25. The second-order valence-corrected chi connectivity index (χ2v) is 0. The fourth-order valence-corrected chi connectivity index (χ4v) is 0. The van der Waals surface area contributed by atoms with Crippen molar-refractivity contribution in [2.75, 3.05) is 0 Å². The first-order chi connectivity index (χ1) is 1.00. The van der Waals surface area contributed by atoms with Gasteiger partial charge in [0.1, 0.15) is 0 Å². The van der Waals surface area contributed by atoms with Crippen molar-refractivity contribution in [3.8, 4) is 0 Å². The molecule has 20 valence electrons. The Morgan fingerprint density at radius 1 is 1.25 bits per heavy atom. The summed E-state index contributed by atoms with van der Waals surface area (Å²) in [4.78, 5) is 0. The van der Waals surface area contributed by atoms with E-state index in [4.69, 9.17) is 0 Å². The molecule has 0 atom stereocenters. The summed E-state index contributed by atoms with van der Waals surface area (Å²) in [7, 11) is 0. The van der Waals surface area contributed by atoms with Crippen LogP contribution in [0.4, 0.5) is 0 Å². The summed E-state index contributed by atoms with van der Waals surface area (Å²) in [6.45, 7) is 7.00. The first kappa shape index (κ1) is 21.4. The van der Waals surface area contributed by atoms with Crippen molar-refractivity contribution >= 4 is 23.1 Å². The molecule has 0 nitrogen and oxygen atoms in total. The topological polar surface area (TPSA) is 0 Å². The SMILES string of the molecule is [CH-]=C.[Cl-].[Mg+2]. The molecule has 0 bridgehead atoms. The van der Waals surface area contributed by atoms with Crippen LogP contribution in [0, 0.1) is 6.58 Å². The molecule has 4 heavy (non-hydrogen) atoms. The van der Waals surface area contributed by atoms with E-state index in [1.807, 2.05) is 0 Å². The zero-order valence-electron chi connectivity index (χ0n) is 2.37. The van der Waals surface area contributed by atoms with Crippen molar-refractivity contribution in [3.63, 3.8) is 0 Å². The van der Waals surface area contributed by atoms with Crippen LogP contribution >= 0.6 is 0 Å². The Bertz CT molecular complexity index is 6.00. The van der Waals surface area contributed by atoms with Gasteiger partial charge in [0.2, 0.25) is 0 Å². The van der Waals surface area contributed by atoms with E-state index in [1.165, 1.54) is 0 Å². The van der Waals surface area contributed by atoms with Gasteiger partial charge in [-0.1, -0.05) is 0 Å². The van der Waals surface area contributed by atoms with Crippen molar-refractivity contribution in [1.82, 2.24) is 0 Å². The van der Waals surface area contributed by atoms with E-state index < -0.39 is 0 Å². The molecule has 0 aliphatic rings. The summed E-state index contributed by atoms with van der Waals surface area (Å²) in [5, 5.41) is 0. The smallest absolute Gasteiger partial charge is 1.00 e. The molecule has 0 aromatic carbocycles. The minimum Gasteiger partial charge on any atom is -1.00 e. The van der Waals surface area contributed by atoms with Gasteiger partial charge < -0.3 is 19.0 Å². The van der Waals surface area contributed by atoms with Gasteiger partial charge in [0.05, 0.1) is 0 Å². The molecule has 0 aromatic heterocycles. The second-order valence-electron chi connectivity index (χ2n) is 0. The van der Waals surface area contributed by atoms with E-state index in [1.54, 1.807) is 0 Å². The molecule has 0 rings (SSSR count). The van der Waals surface area contributed by atoms with Crippen LogP contribution in [-0.4, -0.2) is 23.1 Å². The first-order valence-corrected chi connectivity index (χ1v) is 0.408. The molecule has 0 saturated carbocycles. The van der Waals surface area contributed by atoms with Gasteiger partial charge in [0, 0.05) is 0 Å². The Morgan fingerprint density at radius 3 is 1.25 bits per heavy atom. The van der Waals surface area contributed by atoms with Crippen LogP contribution in [0.2, 0.25) is 0 Å². The van der Waals surface area contributed by atoms with Crippen LogP contribution in [0.5, 0.6) is 0 Å². The van der Waals surface area contributed by atoms with Gasteiger partial charge >= 0.3 is 23.1 Å². The third-order valence-corrected chi connectivity index (χ3v) is 0. The van der Waals surface area contributed by atoms with Crippen molar-refractivity contribution in [1.29, 1.82) is 0 Å². The maximum Gasteiger partial charge on any atom is 2.00 e. The van der Waals surface area contributed by atoms with Crippen molar-refractivity contribution in [3.05, 3.63) is 13.2 Å². The quantitative estimate of drug-likeness (QED) is 0.221. The minimum atomic E-state index is 0. The molecule has 0 aromatic rings. The molecular formula is C2H3ClMg. The maximum absolute atomic E-state index is 4.25. The van der Waals surface area contributed by atoms with Crippen LogP contribution in [0.3, 0.4) is 0 Å². The molecule has 0 amide bonds. The average Bonchev–Trinajstić information content (AvgIpc) is 1.00. The molecule has 0 unspecified atom stereocenters. The number of halogens is 1. The van der Waals surface area contributed by atoms with E-state index >= 15 is 0 Å². The van der Waals surface area contributed by atoms with Gasteiger partial charge in [-0.25, -0.2) is 0 Å². The monoisotopic (exact) mass is 86.0 g/mol. The zero-order valence-corrected chi connectivity index (χ0v) is 4.54. The summed E-state index contributed by atoms with van der Waals surface area (Å²) in [6, 6.07) is 0. The largest absolute Gasteiger partial charge is 2.00 e. The zero-order chi connectivity index (χ0) is 2.00. The van der Waals surface area contributed by atoms with Gasteiger partial charge in [-0.05, 0) is 0 Å². The van der Waals surface area contributed by atoms with Crippen molar-refractivity contribution in [2.24, 2.45) is 0 Å². The fourth-order valence-electron chi connectivity index (χ4n) is 0. The first-order valence-electron chi connectivity index (χ1n) is 0.408. The van der Waals surface area contributed by atoms with Crippen molar-refractivity contribution in [2.45, 2.75) is 0 Å². The van der Waals surface area contributed by atoms with E-state index in [0.29, 0.717) is 0 Å². The second kappa shape index (κ2) is 46.8. The summed E-state index contributed by atoms with van der Waals surface area (Å²) in [5.41, 5.74) is 0. The standard InChI is InChI=1S/C2H3.ClH.Mg/c1-2;;/h1H,2H2;1H;/q-1;;+2/p-1. The predicted octanol–water partition coefficient (Wildman–Crippen LogP) is -2.77. The van der Waals surface area contributed by atoms with Gasteiger partial charge in [0.25, 0.3) is 0 Å². The Labute approximate surface area is 48.8 Å². The molecule has 0 spiro atoms. The van der Waals surface area contributed by atoms with E-state index in [9.17, 15) is 0 Å². The van der Waals surface area contributed by atoms with Crippen LogP contribution < -0.4 is 12.4 Å². The predicted molar refractivity (Wildman–Crippen MR) is 15.7 cm³/mol. The summed E-state index contributed by atoms with van der Waals surface area (Å²) >= 11 is 0. The molecule has 0 heterocycles. The third-order valence-electron chi connectivity index (χ3n) is 0. The molecular weight excluding hydrogens is 83.8 g/mol. The summed E-state index contributed by atoms with van der Waals surface area (Å²) in [5.74, 6) is 0.